The molecule has 0 aromatic heterocycles. The zero-order valence-electron chi connectivity index (χ0n) is 2.12. The van der Waals surface area contributed by atoms with Crippen molar-refractivity contribution in [2.45, 2.75) is 0 Å². The second-order valence-electron chi connectivity index (χ2n) is 0.238. The van der Waals surface area contributed by atoms with Gasteiger partial charge in [0.2, 0.25) is 0 Å². The van der Waals surface area contributed by atoms with Gasteiger partial charge in [-0.2, -0.15) is 0 Å². The van der Waals surface area contributed by atoms with Gasteiger partial charge in [0.05, 0.1) is 0 Å². The molecular weight excluding hydrogens is 228 g/mol. The quantitative estimate of drug-likeness (QED) is 0.267. The van der Waals surface area contributed by atoms with Gasteiger partial charge in [-0.3, -0.25) is 0 Å². The van der Waals surface area contributed by atoms with E-state index >= 15 is 0 Å². The SMILES string of the molecule is I.O=[N+]([O-])O.[KH]. The Morgan fingerprint density at radius 3 is 1.67 bits per heavy atom. The van der Waals surface area contributed by atoms with Gasteiger partial charge in [-0.15, -0.1) is 34.1 Å². The zero-order valence-corrected chi connectivity index (χ0v) is 4.45. The van der Waals surface area contributed by atoms with E-state index in [1.165, 1.54) is 0 Å². The Morgan fingerprint density at radius 1 is 1.67 bits per heavy atom. The number of halogens is 1. The van der Waals surface area contributed by atoms with Gasteiger partial charge < -0.3 is 5.21 Å². The van der Waals surface area contributed by atoms with Crippen LogP contribution in [0.15, 0.2) is 0 Å². The molecule has 4 nitrogen and oxygen atoms in total. The van der Waals surface area contributed by atoms with Crippen molar-refractivity contribution in [3.8, 4) is 0 Å². The first-order chi connectivity index (χ1) is 1.73. The summed E-state index contributed by atoms with van der Waals surface area (Å²) in [4.78, 5) is 8.36. The molecule has 34 valence electrons. The number of hydrogen-bond acceptors (Lipinski definition) is 2. The first-order valence-electron chi connectivity index (χ1n) is 0.565. The summed E-state index contributed by atoms with van der Waals surface area (Å²) in [6.07, 6.45) is 0. The number of hydrogen-bond donors (Lipinski definition) is 1. The molecule has 0 amide bonds. The second kappa shape index (κ2) is 9.76. The molecule has 0 heterocycles. The van der Waals surface area contributed by atoms with Crippen molar-refractivity contribution in [3.63, 3.8) is 0 Å². The topological polar surface area (TPSA) is 63.4 Å². The fraction of sp³-hybridized carbons (Fsp3) is 0. The van der Waals surface area contributed by atoms with Crippen molar-refractivity contribution in [2.24, 2.45) is 0 Å². The first kappa shape index (κ1) is 15.6. The van der Waals surface area contributed by atoms with Crippen LogP contribution in [0, 0.1) is 10.1 Å². The molecule has 0 fully saturated rings. The molecule has 0 radical (unpaired) electrons. The van der Waals surface area contributed by atoms with E-state index in [0.29, 0.717) is 0 Å². The van der Waals surface area contributed by atoms with Gasteiger partial charge in [0, 0.05) is 0 Å². The molecule has 1 N–H and O–H groups in total. The van der Waals surface area contributed by atoms with Crippen LogP contribution in [-0.2, 0) is 0 Å². The fourth-order valence-electron chi connectivity index (χ4n) is 0. The summed E-state index contributed by atoms with van der Waals surface area (Å²) in [6, 6.07) is 0. The van der Waals surface area contributed by atoms with Crippen molar-refractivity contribution in [1.29, 1.82) is 0 Å². The maximum atomic E-state index is 8.36. The van der Waals surface area contributed by atoms with Crippen molar-refractivity contribution in [3.05, 3.63) is 10.1 Å². The molecular formula is H3IKNO3. The molecule has 0 saturated heterocycles. The summed E-state index contributed by atoms with van der Waals surface area (Å²) in [5, 5.41) is 13.6. The van der Waals surface area contributed by atoms with Crippen molar-refractivity contribution < 1.29 is 10.3 Å². The summed E-state index contributed by atoms with van der Waals surface area (Å²) in [7, 11) is 0. The summed E-state index contributed by atoms with van der Waals surface area (Å²) >= 11 is 0. The minimum absolute atomic E-state index is 0. The molecule has 0 bridgehead atoms. The number of nitrogens with zero attached hydrogens (tertiary/aromatic N) is 1. The molecule has 0 aliphatic heterocycles. The van der Waals surface area contributed by atoms with E-state index in [9.17, 15) is 0 Å². The van der Waals surface area contributed by atoms with E-state index in [1.54, 1.807) is 0 Å². The average Bonchev–Trinajstić information content (AvgIpc) is 0.811. The molecule has 6 heteroatoms. The van der Waals surface area contributed by atoms with Gasteiger partial charge in [0.1, 0.15) is 0 Å². The monoisotopic (exact) mass is 231 g/mol. The number of rotatable bonds is 0. The third-order valence-electron chi connectivity index (χ3n) is 0. The molecule has 0 unspecified atom stereocenters. The van der Waals surface area contributed by atoms with Crippen LogP contribution in [0.1, 0.15) is 0 Å². The van der Waals surface area contributed by atoms with E-state index in [1.807, 2.05) is 0 Å². The van der Waals surface area contributed by atoms with Gasteiger partial charge in [-0.05, 0) is 0 Å². The van der Waals surface area contributed by atoms with Crippen molar-refractivity contribution in [2.75, 3.05) is 0 Å². The van der Waals surface area contributed by atoms with Gasteiger partial charge in [0.25, 0.3) is 5.09 Å². The standard InChI is InChI=1S/HI.K.HNO3.H/c;;2-1(3)4;/h1H;;(H,2,3,4);. The summed E-state index contributed by atoms with van der Waals surface area (Å²) < 4.78 is 0. The molecule has 0 aromatic rings. The predicted octanol–water partition coefficient (Wildman–Crippen LogP) is -0.378. The van der Waals surface area contributed by atoms with Crippen molar-refractivity contribution in [1.82, 2.24) is 0 Å². The molecule has 0 rings (SSSR count). The Kier molecular flexibility index (Phi) is 25.4. The molecule has 0 saturated carbocycles. The Bertz CT molecular complexity index is 33.8. The Hall–Kier alpha value is 1.57. The van der Waals surface area contributed by atoms with E-state index in [0.717, 1.165) is 0 Å². The summed E-state index contributed by atoms with van der Waals surface area (Å²) in [6.45, 7) is 0. The maximum absolute atomic E-state index is 8.36. The zero-order chi connectivity index (χ0) is 3.58. The Morgan fingerprint density at radius 2 is 1.67 bits per heavy atom. The van der Waals surface area contributed by atoms with Crippen LogP contribution >= 0.6 is 24.0 Å². The second-order valence-corrected chi connectivity index (χ2v) is 0.238. The molecule has 6 heavy (non-hydrogen) atoms. The van der Waals surface area contributed by atoms with Crippen LogP contribution < -0.4 is 0 Å². The van der Waals surface area contributed by atoms with E-state index in [4.69, 9.17) is 15.3 Å². The Balaban J connectivity index is -0.0000000450. The average molecular weight is 231 g/mol. The van der Waals surface area contributed by atoms with Crippen LogP contribution in [-0.4, -0.2) is 61.7 Å². The van der Waals surface area contributed by atoms with Crippen LogP contribution in [0.5, 0.6) is 0 Å². The first-order valence-corrected chi connectivity index (χ1v) is 0.565. The van der Waals surface area contributed by atoms with Crippen LogP contribution in [0.25, 0.3) is 0 Å². The van der Waals surface area contributed by atoms with Gasteiger partial charge in [0.15, 0.2) is 0 Å². The van der Waals surface area contributed by atoms with Gasteiger partial charge >= 0.3 is 51.4 Å². The molecule has 0 aliphatic rings. The Labute approximate surface area is 93.8 Å². The summed E-state index contributed by atoms with van der Waals surface area (Å²) in [5.74, 6) is 0. The van der Waals surface area contributed by atoms with E-state index < -0.39 is 5.09 Å². The summed E-state index contributed by atoms with van der Waals surface area (Å²) in [5.41, 5.74) is 0. The van der Waals surface area contributed by atoms with Gasteiger partial charge in [-0.25, -0.2) is 0 Å². The molecule has 0 atom stereocenters. The normalized spacial score (nSPS) is 4.00. The van der Waals surface area contributed by atoms with Crippen molar-refractivity contribution >= 4 is 75.4 Å². The van der Waals surface area contributed by atoms with Crippen LogP contribution in [0.2, 0.25) is 0 Å². The third kappa shape index (κ3) is 47.3. The van der Waals surface area contributed by atoms with E-state index in [2.05, 4.69) is 0 Å². The molecule has 0 aliphatic carbocycles. The molecule has 0 spiro atoms. The van der Waals surface area contributed by atoms with Crippen LogP contribution in [0.3, 0.4) is 0 Å². The van der Waals surface area contributed by atoms with Gasteiger partial charge in [-0.1, -0.05) is 0 Å². The van der Waals surface area contributed by atoms with Crippen LogP contribution in [0.4, 0.5) is 0 Å². The van der Waals surface area contributed by atoms with E-state index in [-0.39, 0.29) is 75.4 Å². The fourth-order valence-corrected chi connectivity index (χ4v) is 0. The minimum atomic E-state index is -1.50. The third-order valence-corrected chi connectivity index (χ3v) is 0. The predicted molar refractivity (Wildman–Crippen MR) is 31.3 cm³/mol. The molecule has 0 aromatic carbocycles.